The van der Waals surface area contributed by atoms with Crippen molar-refractivity contribution in [2.24, 2.45) is 0 Å². The van der Waals surface area contributed by atoms with Gasteiger partial charge in [-0.1, -0.05) is 18.2 Å². The van der Waals surface area contributed by atoms with Crippen LogP contribution in [0.4, 0.5) is 13.2 Å². The van der Waals surface area contributed by atoms with Crippen LogP contribution < -0.4 is 5.32 Å². The van der Waals surface area contributed by atoms with Crippen LogP contribution in [0, 0.1) is 13.8 Å². The second-order valence-corrected chi connectivity index (χ2v) is 7.80. The Morgan fingerprint density at radius 1 is 1.07 bits per heavy atom. The van der Waals surface area contributed by atoms with Gasteiger partial charge in [0.15, 0.2) is 5.11 Å². The molecule has 30 heavy (non-hydrogen) atoms. The lowest BCUT2D eigenvalue weighted by Gasteiger charge is -2.25. The van der Waals surface area contributed by atoms with Crippen molar-refractivity contribution < 1.29 is 13.2 Å². The first-order chi connectivity index (χ1) is 14.2. The van der Waals surface area contributed by atoms with Gasteiger partial charge in [0.1, 0.15) is 0 Å². The molecule has 0 saturated carbocycles. The van der Waals surface area contributed by atoms with Gasteiger partial charge in [0.05, 0.1) is 29.0 Å². The Hall–Kier alpha value is -2.87. The number of aryl methyl sites for hydroxylation is 1. The van der Waals surface area contributed by atoms with E-state index in [1.54, 1.807) is 16.8 Å². The highest BCUT2D eigenvalue weighted by Crippen LogP contribution is 2.41. The molecule has 3 heterocycles. The molecule has 156 valence electrons. The van der Waals surface area contributed by atoms with Gasteiger partial charge in [-0.3, -0.25) is 4.98 Å². The SMILES string of the molecule is Cc1cc([C@H]2[C@@H](c3ccccn3)NC(=S)N2C)c(C)n1-c1ccccc1C(F)(F)F. The maximum atomic E-state index is 13.6. The minimum atomic E-state index is -4.44. The zero-order chi connectivity index (χ0) is 21.6. The molecule has 1 aliphatic heterocycles. The number of alkyl halides is 3. The van der Waals surface area contributed by atoms with Crippen molar-refractivity contribution in [3.05, 3.63) is 82.9 Å². The topological polar surface area (TPSA) is 33.1 Å². The Labute approximate surface area is 178 Å². The Bertz CT molecular complexity index is 1090. The van der Waals surface area contributed by atoms with Gasteiger partial charge in [-0.05, 0) is 62.0 Å². The molecule has 0 spiro atoms. The Balaban J connectivity index is 1.86. The predicted octanol–water partition coefficient (Wildman–Crippen LogP) is 5.11. The molecular weight excluding hydrogens is 409 g/mol. The molecule has 2 atom stereocenters. The van der Waals surface area contributed by atoms with Gasteiger partial charge in [0.2, 0.25) is 0 Å². The van der Waals surface area contributed by atoms with E-state index in [4.69, 9.17) is 12.2 Å². The second-order valence-electron chi connectivity index (χ2n) is 7.41. The third-order valence-electron chi connectivity index (χ3n) is 5.58. The summed E-state index contributed by atoms with van der Waals surface area (Å²) in [4.78, 5) is 6.41. The van der Waals surface area contributed by atoms with Crippen LogP contribution in [-0.4, -0.2) is 26.6 Å². The van der Waals surface area contributed by atoms with Gasteiger partial charge < -0.3 is 14.8 Å². The largest absolute Gasteiger partial charge is 0.418 e. The second kappa shape index (κ2) is 7.43. The lowest BCUT2D eigenvalue weighted by atomic mass is 9.97. The molecule has 0 radical (unpaired) electrons. The van der Waals surface area contributed by atoms with Crippen molar-refractivity contribution in [1.29, 1.82) is 0 Å². The smallest absolute Gasteiger partial charge is 0.352 e. The summed E-state index contributed by atoms with van der Waals surface area (Å²) in [6, 6.07) is 12.9. The van der Waals surface area contributed by atoms with Crippen LogP contribution in [0.3, 0.4) is 0 Å². The molecule has 1 N–H and O–H groups in total. The fourth-order valence-corrected chi connectivity index (χ4v) is 4.45. The molecule has 4 nitrogen and oxygen atoms in total. The first-order valence-corrected chi connectivity index (χ1v) is 9.90. The van der Waals surface area contributed by atoms with Crippen LogP contribution in [0.5, 0.6) is 0 Å². The first kappa shape index (κ1) is 20.4. The van der Waals surface area contributed by atoms with Crippen LogP contribution in [0.2, 0.25) is 0 Å². The molecule has 8 heteroatoms. The average Bonchev–Trinajstić information content (AvgIpc) is 3.17. The highest BCUT2D eigenvalue weighted by Gasteiger charge is 2.40. The zero-order valence-corrected chi connectivity index (χ0v) is 17.6. The summed E-state index contributed by atoms with van der Waals surface area (Å²) >= 11 is 5.47. The number of pyridine rings is 1. The molecule has 0 aliphatic carbocycles. The summed E-state index contributed by atoms with van der Waals surface area (Å²) in [5.41, 5.74) is 2.67. The van der Waals surface area contributed by atoms with Gasteiger partial charge >= 0.3 is 6.18 Å². The van der Waals surface area contributed by atoms with E-state index in [0.29, 0.717) is 5.11 Å². The highest BCUT2D eigenvalue weighted by molar-refractivity contribution is 7.80. The number of aromatic nitrogens is 2. The van der Waals surface area contributed by atoms with Gasteiger partial charge in [0, 0.05) is 24.6 Å². The summed E-state index contributed by atoms with van der Waals surface area (Å²) in [6.45, 7) is 3.67. The van der Waals surface area contributed by atoms with E-state index in [0.717, 1.165) is 28.7 Å². The van der Waals surface area contributed by atoms with E-state index in [2.05, 4.69) is 10.3 Å². The standard InChI is InChI=1S/C22H21F3N4S/c1-13-12-15(14(2)29(13)18-10-5-4-8-16(18)22(23,24)25)20-19(27-21(30)28(20)3)17-9-6-7-11-26-17/h4-12,19-20H,1-3H3,(H,27,30)/t19-,20+/m1/s1. The highest BCUT2D eigenvalue weighted by atomic mass is 32.1. The number of benzene rings is 1. The van der Waals surface area contributed by atoms with Crippen LogP contribution >= 0.6 is 12.2 Å². The van der Waals surface area contributed by atoms with Crippen LogP contribution in [0.25, 0.3) is 5.69 Å². The summed E-state index contributed by atoms with van der Waals surface area (Å²) in [5, 5.41) is 3.89. The van der Waals surface area contributed by atoms with Crippen molar-refractivity contribution in [3.8, 4) is 5.69 Å². The molecule has 1 aromatic carbocycles. The lowest BCUT2D eigenvalue weighted by molar-refractivity contribution is -0.137. The predicted molar refractivity (Wildman–Crippen MR) is 113 cm³/mol. The van der Waals surface area contributed by atoms with Crippen molar-refractivity contribution in [2.45, 2.75) is 32.1 Å². The number of nitrogens with one attached hydrogen (secondary N) is 1. The molecule has 1 aliphatic rings. The Morgan fingerprint density at radius 3 is 2.43 bits per heavy atom. The van der Waals surface area contributed by atoms with E-state index in [-0.39, 0.29) is 17.8 Å². The normalized spacial score (nSPS) is 19.3. The van der Waals surface area contributed by atoms with Gasteiger partial charge in [-0.25, -0.2) is 0 Å². The molecule has 3 aromatic rings. The Morgan fingerprint density at radius 2 is 1.77 bits per heavy atom. The summed E-state index contributed by atoms with van der Waals surface area (Å²) in [5.74, 6) is 0. The number of nitrogens with zero attached hydrogens (tertiary/aromatic N) is 3. The van der Waals surface area contributed by atoms with Crippen molar-refractivity contribution >= 4 is 17.3 Å². The monoisotopic (exact) mass is 430 g/mol. The maximum Gasteiger partial charge on any atom is 0.418 e. The number of rotatable bonds is 3. The average molecular weight is 430 g/mol. The molecule has 1 fully saturated rings. The fourth-order valence-electron chi connectivity index (χ4n) is 4.21. The summed E-state index contributed by atoms with van der Waals surface area (Å²) in [7, 11) is 1.89. The summed E-state index contributed by atoms with van der Waals surface area (Å²) < 4.78 is 42.6. The van der Waals surface area contributed by atoms with Gasteiger partial charge in [0.25, 0.3) is 0 Å². The van der Waals surface area contributed by atoms with E-state index in [1.165, 1.54) is 12.1 Å². The van der Waals surface area contributed by atoms with E-state index in [1.807, 2.05) is 50.1 Å². The third-order valence-corrected chi connectivity index (χ3v) is 5.98. The zero-order valence-electron chi connectivity index (χ0n) is 16.7. The van der Waals surface area contributed by atoms with E-state index in [9.17, 15) is 13.2 Å². The number of hydrogen-bond acceptors (Lipinski definition) is 2. The lowest BCUT2D eigenvalue weighted by Crippen LogP contribution is -2.25. The molecule has 0 amide bonds. The molecule has 0 bridgehead atoms. The van der Waals surface area contributed by atoms with E-state index < -0.39 is 11.7 Å². The van der Waals surface area contributed by atoms with Gasteiger partial charge in [-0.15, -0.1) is 0 Å². The summed E-state index contributed by atoms with van der Waals surface area (Å²) in [6.07, 6.45) is -2.72. The molecule has 0 unspecified atom stereocenters. The Kier molecular flexibility index (Phi) is 5.05. The van der Waals surface area contributed by atoms with Crippen molar-refractivity contribution in [3.63, 3.8) is 0 Å². The van der Waals surface area contributed by atoms with Gasteiger partial charge in [-0.2, -0.15) is 13.2 Å². The molecule has 4 rings (SSSR count). The third kappa shape index (κ3) is 3.35. The minimum Gasteiger partial charge on any atom is -0.352 e. The van der Waals surface area contributed by atoms with Crippen molar-refractivity contribution in [2.75, 3.05) is 7.05 Å². The van der Waals surface area contributed by atoms with Crippen LogP contribution in [-0.2, 0) is 6.18 Å². The number of hydrogen-bond donors (Lipinski definition) is 1. The number of para-hydroxylation sites is 1. The molecule has 1 saturated heterocycles. The molecular formula is C22H21F3N4S. The quantitative estimate of drug-likeness (QED) is 0.586. The number of likely N-dealkylation sites (N-methyl/N-ethyl adjacent to an activating group) is 1. The number of halogens is 3. The van der Waals surface area contributed by atoms with Crippen LogP contribution in [0.15, 0.2) is 54.7 Å². The molecule has 2 aromatic heterocycles. The number of thiocarbonyl (C=S) groups is 1. The maximum absolute atomic E-state index is 13.6. The minimum absolute atomic E-state index is 0.122. The van der Waals surface area contributed by atoms with E-state index >= 15 is 0 Å². The fraction of sp³-hybridized carbons (Fsp3) is 0.273. The van der Waals surface area contributed by atoms with Crippen LogP contribution in [0.1, 0.15) is 40.3 Å². The van der Waals surface area contributed by atoms with Crippen molar-refractivity contribution in [1.82, 2.24) is 19.8 Å². The first-order valence-electron chi connectivity index (χ1n) is 9.50.